The molecule has 0 heterocycles. The molecule has 8 nitrogen and oxygen atoms in total. The van der Waals surface area contributed by atoms with Crippen LogP contribution >= 0.6 is 0 Å². The Kier molecular flexibility index (Phi) is 90.6. The molecule has 0 aromatic heterocycles. The van der Waals surface area contributed by atoms with Crippen LogP contribution in [0.2, 0.25) is 0 Å². The second-order valence-electron chi connectivity index (χ2n) is 22.8. The number of hydrogen-bond donors (Lipinski definition) is 0. The maximum atomic E-state index is 10.2. The van der Waals surface area contributed by atoms with Crippen LogP contribution in [0.1, 0.15) is 387 Å². The minimum Gasteiger partial charge on any atom is -0.550 e. The Morgan fingerprint density at radius 2 is 0.309 bits per heavy atom. The van der Waals surface area contributed by atoms with Crippen LogP contribution in [0.15, 0.2) is 48.6 Å². The third-order valence-corrected chi connectivity index (χ3v) is 14.6. The summed E-state index contributed by atoms with van der Waals surface area (Å²) in [5, 5.41) is 40.9. The summed E-state index contributed by atoms with van der Waals surface area (Å²) in [4.78, 5) is 40.9. The fraction of sp³-hybridized carbons (Fsp3) is 0.833. The van der Waals surface area contributed by atoms with Gasteiger partial charge < -0.3 is 39.6 Å². The van der Waals surface area contributed by atoms with Crippen molar-refractivity contribution in [3.05, 3.63) is 48.6 Å². The van der Waals surface area contributed by atoms with Gasteiger partial charge in [-0.25, -0.2) is 0 Å². The number of carboxylic acids is 4. The molecule has 0 aliphatic heterocycles. The third kappa shape index (κ3) is 103. The van der Waals surface area contributed by atoms with Crippen LogP contribution < -0.4 is 20.4 Å². The van der Waals surface area contributed by atoms with Gasteiger partial charge in [0.2, 0.25) is 0 Å². The van der Waals surface area contributed by atoms with Gasteiger partial charge >= 0.3 is 21.7 Å². The fourth-order valence-electron chi connectivity index (χ4n) is 9.36. The molecule has 0 spiro atoms. The SMILES string of the molecule is CCCCCCCC/C=C\CCCCCCCC(=O)[O-].CCCCCCCC/C=C\CCCCCCCC(=O)[O-].CCCCCCCC/C=C\CCCCCCCC(=O)[O-].CCCCCCCC/C=C\CCCCCCCC(=O)[O-].[Ti+4]. The summed E-state index contributed by atoms with van der Waals surface area (Å²) in [6.45, 7) is 9.02. The van der Waals surface area contributed by atoms with Crippen molar-refractivity contribution in [2.75, 3.05) is 0 Å². The van der Waals surface area contributed by atoms with Gasteiger partial charge in [0.1, 0.15) is 0 Å². The molecule has 0 aromatic carbocycles. The molecule has 0 fully saturated rings. The number of allylic oxidation sites excluding steroid dienone is 8. The normalized spacial score (nSPS) is 11.1. The first-order chi connectivity index (χ1) is 39.1. The van der Waals surface area contributed by atoms with Gasteiger partial charge in [-0.1, -0.05) is 282 Å². The molecule has 0 unspecified atom stereocenters. The molecule has 0 atom stereocenters. The molecule has 0 amide bonds. The van der Waals surface area contributed by atoms with Crippen molar-refractivity contribution < 1.29 is 61.3 Å². The monoisotopic (exact) mass is 1170 g/mol. The average Bonchev–Trinajstić information content (AvgIpc) is 3.43. The minimum atomic E-state index is -0.914. The largest absolute Gasteiger partial charge is 4.00 e. The number of carbonyl (C=O) groups excluding carboxylic acids is 4. The summed E-state index contributed by atoms with van der Waals surface area (Å²) in [6, 6.07) is 0. The number of hydrogen-bond acceptors (Lipinski definition) is 8. The van der Waals surface area contributed by atoms with E-state index in [-0.39, 0.29) is 47.4 Å². The van der Waals surface area contributed by atoms with Crippen LogP contribution in [-0.4, -0.2) is 23.9 Å². The van der Waals surface area contributed by atoms with Crippen LogP contribution in [0.5, 0.6) is 0 Å². The number of rotatable bonds is 60. The van der Waals surface area contributed by atoms with E-state index in [4.69, 9.17) is 0 Å². The van der Waals surface area contributed by atoms with Crippen molar-refractivity contribution in [3.63, 3.8) is 0 Å². The topological polar surface area (TPSA) is 161 Å². The van der Waals surface area contributed by atoms with E-state index in [1.54, 1.807) is 0 Å². The zero-order valence-electron chi connectivity index (χ0n) is 54.0. The number of carbonyl (C=O) groups is 4. The van der Waals surface area contributed by atoms with E-state index in [1.165, 1.54) is 257 Å². The van der Waals surface area contributed by atoms with Gasteiger partial charge in [0.15, 0.2) is 0 Å². The molecule has 0 bridgehead atoms. The predicted octanol–water partition coefficient (Wildman–Crippen LogP) is 19.1. The predicted molar refractivity (Wildman–Crippen MR) is 338 cm³/mol. The van der Waals surface area contributed by atoms with E-state index in [0.29, 0.717) is 0 Å². The van der Waals surface area contributed by atoms with Gasteiger partial charge in [-0.2, -0.15) is 0 Å². The first-order valence-electron chi connectivity index (χ1n) is 34.5. The van der Waals surface area contributed by atoms with Crippen molar-refractivity contribution in [1.29, 1.82) is 0 Å². The standard InChI is InChI=1S/4C18H34O2.Ti/c4*1-2-3-4-5-6-7-8-9-10-11-12-13-14-15-16-17-18(19)20;/h4*9-10H,2-8,11-17H2,1H3,(H,19,20);/q;;;;+4/p-4/b4*10-9-;. The zero-order valence-corrected chi connectivity index (χ0v) is 55.5. The molecule has 472 valence electrons. The summed E-state index contributed by atoms with van der Waals surface area (Å²) in [6.07, 6.45) is 83.6. The van der Waals surface area contributed by atoms with Crippen LogP contribution in [0.25, 0.3) is 0 Å². The molecule has 9 heteroatoms. The molecular weight excluding hydrogens is 1040 g/mol. The van der Waals surface area contributed by atoms with E-state index in [9.17, 15) is 39.6 Å². The molecule has 0 aliphatic rings. The van der Waals surface area contributed by atoms with Crippen LogP contribution in [0.3, 0.4) is 0 Å². The van der Waals surface area contributed by atoms with Gasteiger partial charge in [0, 0.05) is 23.9 Å². The second-order valence-corrected chi connectivity index (χ2v) is 22.8. The molecule has 0 N–H and O–H groups in total. The van der Waals surface area contributed by atoms with Gasteiger partial charge in [0.25, 0.3) is 0 Å². The number of aliphatic carboxylic acids is 4. The molecule has 0 radical (unpaired) electrons. The Balaban J connectivity index is -0.000000316. The summed E-state index contributed by atoms with van der Waals surface area (Å²) >= 11 is 0. The first-order valence-corrected chi connectivity index (χ1v) is 34.5. The van der Waals surface area contributed by atoms with Crippen LogP contribution in [0, 0.1) is 0 Å². The first kappa shape index (κ1) is 87.3. The fourth-order valence-corrected chi connectivity index (χ4v) is 9.36. The summed E-state index contributed by atoms with van der Waals surface area (Å²) in [5.41, 5.74) is 0. The van der Waals surface area contributed by atoms with Crippen molar-refractivity contribution >= 4 is 23.9 Å². The summed E-state index contributed by atoms with van der Waals surface area (Å²) < 4.78 is 0. The Morgan fingerprint density at radius 3 is 0.432 bits per heavy atom. The Labute approximate surface area is 518 Å². The number of carboxylic acid groups (broad SMARTS) is 4. The van der Waals surface area contributed by atoms with E-state index in [0.717, 1.165) is 77.0 Å². The van der Waals surface area contributed by atoms with Crippen LogP contribution in [-0.2, 0) is 40.9 Å². The van der Waals surface area contributed by atoms with Gasteiger partial charge in [0.05, 0.1) is 0 Å². The third-order valence-electron chi connectivity index (χ3n) is 14.6. The van der Waals surface area contributed by atoms with E-state index in [2.05, 4.69) is 76.3 Å². The molecule has 0 aromatic rings. The maximum absolute atomic E-state index is 10.2. The Morgan fingerprint density at radius 1 is 0.198 bits per heavy atom. The molecule has 0 rings (SSSR count). The van der Waals surface area contributed by atoms with E-state index in [1.807, 2.05) is 0 Å². The Hall–Kier alpha value is -2.45. The summed E-state index contributed by atoms with van der Waals surface area (Å²) in [7, 11) is 0. The molecule has 0 saturated carbocycles. The van der Waals surface area contributed by atoms with E-state index < -0.39 is 23.9 Å². The number of unbranched alkanes of at least 4 members (excludes halogenated alkanes) is 44. The van der Waals surface area contributed by atoms with Crippen molar-refractivity contribution in [2.24, 2.45) is 0 Å². The van der Waals surface area contributed by atoms with Crippen LogP contribution in [0.4, 0.5) is 0 Å². The molecular formula is C72H132O8Ti. The van der Waals surface area contributed by atoms with Gasteiger partial charge in [-0.15, -0.1) is 0 Å². The minimum absolute atomic E-state index is 0. The van der Waals surface area contributed by atoms with Crippen molar-refractivity contribution in [1.82, 2.24) is 0 Å². The molecule has 0 aliphatic carbocycles. The Bertz CT molecular complexity index is 1140. The smallest absolute Gasteiger partial charge is 0.550 e. The van der Waals surface area contributed by atoms with Gasteiger partial charge in [-0.05, 0) is 154 Å². The average molecular weight is 1170 g/mol. The van der Waals surface area contributed by atoms with Gasteiger partial charge in [-0.3, -0.25) is 0 Å². The quantitative estimate of drug-likeness (QED) is 0.0330. The molecule has 81 heavy (non-hydrogen) atoms. The zero-order chi connectivity index (χ0) is 59.6. The van der Waals surface area contributed by atoms with Crippen molar-refractivity contribution in [2.45, 2.75) is 387 Å². The second kappa shape index (κ2) is 84.0. The maximum Gasteiger partial charge on any atom is 4.00 e. The van der Waals surface area contributed by atoms with E-state index >= 15 is 0 Å². The molecule has 0 saturated heterocycles. The van der Waals surface area contributed by atoms with Crippen molar-refractivity contribution in [3.8, 4) is 0 Å². The summed E-state index contributed by atoms with van der Waals surface area (Å²) in [5.74, 6) is -3.66.